The fraction of sp³-hybridized carbons (Fsp3) is 0.208. The molecule has 4 aromatic heterocycles. The second kappa shape index (κ2) is 7.65. The molecule has 1 unspecified atom stereocenters. The van der Waals surface area contributed by atoms with Crippen LogP contribution in [0.15, 0.2) is 54.3 Å². The summed E-state index contributed by atoms with van der Waals surface area (Å²) in [5.41, 5.74) is 10.7. The number of halogens is 1. The minimum Gasteiger partial charge on any atom is -0.383 e. The third-order valence-electron chi connectivity index (χ3n) is 6.11. The van der Waals surface area contributed by atoms with Crippen LogP contribution in [-0.4, -0.2) is 25.9 Å². The van der Waals surface area contributed by atoms with Crippen molar-refractivity contribution >= 4 is 33.6 Å². The van der Waals surface area contributed by atoms with E-state index < -0.39 is 0 Å². The molecule has 6 rings (SSSR count). The Hall–Kier alpha value is -3.36. The van der Waals surface area contributed by atoms with Crippen LogP contribution in [0.4, 0.5) is 10.2 Å². The SMILES string of the molecule is Nc1ncc(-c2nc(C3CCCCN3)cs2)c2ccc(-c3cnc4cc(F)ccn34)cc12. The van der Waals surface area contributed by atoms with Crippen LogP contribution >= 0.6 is 11.3 Å². The summed E-state index contributed by atoms with van der Waals surface area (Å²) in [6, 6.07) is 9.28. The van der Waals surface area contributed by atoms with Gasteiger partial charge in [0.1, 0.15) is 22.3 Å². The Bertz CT molecular complexity index is 1450. The average Bonchev–Trinajstić information content (AvgIpc) is 3.47. The molecule has 0 spiro atoms. The molecule has 0 amide bonds. The van der Waals surface area contributed by atoms with Crippen molar-refractivity contribution < 1.29 is 4.39 Å². The standard InChI is InChI=1S/C24H21FN6S/c25-15-6-8-31-21(12-28-22(31)10-15)14-4-5-16-17(9-14)23(26)29-11-18(16)24-30-20(13-32-24)19-3-1-2-7-27-19/h4-6,8-13,19,27H,1-3,7H2,(H2,26,29). The van der Waals surface area contributed by atoms with E-state index in [2.05, 4.69) is 26.7 Å². The van der Waals surface area contributed by atoms with Gasteiger partial charge in [-0.3, -0.25) is 4.40 Å². The lowest BCUT2D eigenvalue weighted by molar-refractivity contribution is 0.407. The maximum absolute atomic E-state index is 13.5. The highest BCUT2D eigenvalue weighted by Crippen LogP contribution is 2.36. The van der Waals surface area contributed by atoms with Crippen LogP contribution in [-0.2, 0) is 0 Å². The Balaban J connectivity index is 1.43. The lowest BCUT2D eigenvalue weighted by Gasteiger charge is -2.21. The van der Waals surface area contributed by atoms with Crippen LogP contribution < -0.4 is 11.1 Å². The maximum atomic E-state index is 13.5. The number of fused-ring (bicyclic) bond motifs is 2. The van der Waals surface area contributed by atoms with Crippen molar-refractivity contribution in [1.29, 1.82) is 0 Å². The number of pyridine rings is 2. The van der Waals surface area contributed by atoms with Crippen LogP contribution in [0.5, 0.6) is 0 Å². The van der Waals surface area contributed by atoms with Crippen molar-refractivity contribution in [3.8, 4) is 21.8 Å². The van der Waals surface area contributed by atoms with Gasteiger partial charge in [-0.2, -0.15) is 0 Å². The predicted molar refractivity (Wildman–Crippen MR) is 126 cm³/mol. The van der Waals surface area contributed by atoms with E-state index >= 15 is 0 Å². The number of aromatic nitrogens is 4. The van der Waals surface area contributed by atoms with E-state index in [0.717, 1.165) is 51.3 Å². The number of hydrogen-bond donors (Lipinski definition) is 2. The van der Waals surface area contributed by atoms with E-state index in [1.54, 1.807) is 23.7 Å². The van der Waals surface area contributed by atoms with Gasteiger partial charge in [0.25, 0.3) is 0 Å². The zero-order valence-corrected chi connectivity index (χ0v) is 18.1. The molecule has 1 aliphatic rings. The Labute approximate surface area is 188 Å². The highest BCUT2D eigenvalue weighted by molar-refractivity contribution is 7.13. The number of hydrogen-bond acceptors (Lipinski definition) is 6. The van der Waals surface area contributed by atoms with Crippen molar-refractivity contribution in [2.45, 2.75) is 25.3 Å². The van der Waals surface area contributed by atoms with E-state index in [4.69, 9.17) is 10.7 Å². The number of benzene rings is 1. The normalized spacial score (nSPS) is 16.7. The molecular weight excluding hydrogens is 423 g/mol. The molecule has 0 aliphatic carbocycles. The fourth-order valence-corrected chi connectivity index (χ4v) is 5.33. The molecule has 6 nitrogen and oxygen atoms in total. The molecule has 0 saturated carbocycles. The Kier molecular flexibility index (Phi) is 4.62. The van der Waals surface area contributed by atoms with Gasteiger partial charge in [0.05, 0.1) is 23.6 Å². The molecule has 1 saturated heterocycles. The number of nitrogen functional groups attached to an aromatic ring is 1. The van der Waals surface area contributed by atoms with Gasteiger partial charge in [0.2, 0.25) is 0 Å². The van der Waals surface area contributed by atoms with Crippen LogP contribution in [0, 0.1) is 5.82 Å². The first kappa shape index (κ1) is 19.3. The van der Waals surface area contributed by atoms with Crippen molar-refractivity contribution in [2.75, 3.05) is 12.3 Å². The lowest BCUT2D eigenvalue weighted by Crippen LogP contribution is -2.26. The number of thiazole rings is 1. The summed E-state index contributed by atoms with van der Waals surface area (Å²) in [7, 11) is 0. The smallest absolute Gasteiger partial charge is 0.140 e. The van der Waals surface area contributed by atoms with Crippen LogP contribution in [0.1, 0.15) is 31.0 Å². The number of anilines is 1. The monoisotopic (exact) mass is 444 g/mol. The van der Waals surface area contributed by atoms with Gasteiger partial charge >= 0.3 is 0 Å². The van der Waals surface area contributed by atoms with E-state index in [1.807, 2.05) is 22.7 Å². The number of nitrogens with one attached hydrogen (secondary N) is 1. The first-order valence-electron chi connectivity index (χ1n) is 10.7. The van der Waals surface area contributed by atoms with Crippen LogP contribution in [0.3, 0.4) is 0 Å². The second-order valence-corrected chi connectivity index (χ2v) is 8.97. The van der Waals surface area contributed by atoms with E-state index in [1.165, 1.54) is 25.0 Å². The van der Waals surface area contributed by atoms with Gasteiger partial charge in [-0.15, -0.1) is 11.3 Å². The van der Waals surface area contributed by atoms with Gasteiger partial charge in [0, 0.05) is 40.4 Å². The Morgan fingerprint density at radius 1 is 1.09 bits per heavy atom. The van der Waals surface area contributed by atoms with Crippen molar-refractivity contribution in [2.24, 2.45) is 0 Å². The molecule has 1 aliphatic heterocycles. The summed E-state index contributed by atoms with van der Waals surface area (Å²) < 4.78 is 15.4. The van der Waals surface area contributed by atoms with Gasteiger partial charge < -0.3 is 11.1 Å². The van der Waals surface area contributed by atoms with Gasteiger partial charge in [0.15, 0.2) is 0 Å². The molecule has 1 fully saturated rings. The first-order valence-corrected chi connectivity index (χ1v) is 11.6. The fourth-order valence-electron chi connectivity index (χ4n) is 4.44. The number of nitrogens with zero attached hydrogens (tertiary/aromatic N) is 4. The summed E-state index contributed by atoms with van der Waals surface area (Å²) in [6.07, 6.45) is 8.82. The molecule has 5 aromatic rings. The maximum Gasteiger partial charge on any atom is 0.140 e. The minimum atomic E-state index is -0.308. The van der Waals surface area contributed by atoms with E-state index in [9.17, 15) is 4.39 Å². The molecule has 32 heavy (non-hydrogen) atoms. The molecule has 8 heteroatoms. The van der Waals surface area contributed by atoms with Gasteiger partial charge in [-0.25, -0.2) is 19.3 Å². The summed E-state index contributed by atoms with van der Waals surface area (Å²) >= 11 is 1.64. The first-order chi connectivity index (χ1) is 15.7. The number of nitrogens with two attached hydrogens (primary N) is 1. The molecular formula is C24H21FN6S. The van der Waals surface area contributed by atoms with Gasteiger partial charge in [-0.05, 0) is 36.9 Å². The molecule has 3 N–H and O–H groups in total. The summed E-state index contributed by atoms with van der Waals surface area (Å²) in [4.78, 5) is 13.7. The van der Waals surface area contributed by atoms with Crippen LogP contribution in [0.25, 0.3) is 38.2 Å². The van der Waals surface area contributed by atoms with Gasteiger partial charge in [-0.1, -0.05) is 18.6 Å². The zero-order valence-electron chi connectivity index (χ0n) is 17.3. The quantitative estimate of drug-likeness (QED) is 0.399. The predicted octanol–water partition coefficient (Wildman–Crippen LogP) is 5.21. The minimum absolute atomic E-state index is 0.308. The van der Waals surface area contributed by atoms with E-state index in [-0.39, 0.29) is 5.82 Å². The molecule has 160 valence electrons. The highest BCUT2D eigenvalue weighted by atomic mass is 32.1. The molecule has 5 heterocycles. The number of piperidine rings is 1. The average molecular weight is 445 g/mol. The van der Waals surface area contributed by atoms with Crippen molar-refractivity contribution in [3.63, 3.8) is 0 Å². The molecule has 0 bridgehead atoms. The summed E-state index contributed by atoms with van der Waals surface area (Å²) in [6.45, 7) is 1.04. The Morgan fingerprint density at radius 3 is 2.91 bits per heavy atom. The topological polar surface area (TPSA) is 81.1 Å². The third-order valence-corrected chi connectivity index (χ3v) is 7.00. The molecule has 1 atom stereocenters. The van der Waals surface area contributed by atoms with Crippen LogP contribution in [0.2, 0.25) is 0 Å². The zero-order chi connectivity index (χ0) is 21.7. The second-order valence-electron chi connectivity index (χ2n) is 8.11. The van der Waals surface area contributed by atoms with Crippen molar-refractivity contribution in [3.05, 3.63) is 65.8 Å². The number of imidazole rings is 1. The Morgan fingerprint density at radius 2 is 2.03 bits per heavy atom. The van der Waals surface area contributed by atoms with E-state index in [0.29, 0.717) is 17.5 Å². The summed E-state index contributed by atoms with van der Waals surface area (Å²) in [5.74, 6) is 0.161. The summed E-state index contributed by atoms with van der Waals surface area (Å²) in [5, 5.41) is 8.53. The molecule has 0 radical (unpaired) electrons. The third kappa shape index (κ3) is 3.23. The molecule has 1 aromatic carbocycles. The lowest BCUT2D eigenvalue weighted by atomic mass is 10.0. The van der Waals surface area contributed by atoms with Crippen molar-refractivity contribution in [1.82, 2.24) is 24.7 Å². The highest BCUT2D eigenvalue weighted by Gasteiger charge is 2.19. The largest absolute Gasteiger partial charge is 0.383 e. The number of rotatable bonds is 3.